The van der Waals surface area contributed by atoms with Crippen molar-refractivity contribution >= 4 is 28.8 Å². The first-order valence-corrected chi connectivity index (χ1v) is 8.37. The molecule has 0 radical (unpaired) electrons. The average Bonchev–Trinajstić information content (AvgIpc) is 3.07. The van der Waals surface area contributed by atoms with Crippen LogP contribution in [0.15, 0.2) is 41.8 Å². The maximum Gasteiger partial charge on any atom is 0.264 e. The van der Waals surface area contributed by atoms with E-state index in [4.69, 9.17) is 0 Å². The minimum atomic E-state index is -0.207. The lowest BCUT2D eigenvalue weighted by Crippen LogP contribution is -2.34. The largest absolute Gasteiger partial charge is 0.332 e. The lowest BCUT2D eigenvalue weighted by atomic mass is 10.1. The van der Waals surface area contributed by atoms with Gasteiger partial charge in [-0.25, -0.2) is 0 Å². The molecule has 0 fully saturated rings. The molecule has 0 spiro atoms. The summed E-state index contributed by atoms with van der Waals surface area (Å²) >= 11 is 1.37. The molecular formula is C17H21N3O2S. The highest BCUT2D eigenvalue weighted by molar-refractivity contribution is 7.12. The van der Waals surface area contributed by atoms with Gasteiger partial charge in [0.1, 0.15) is 0 Å². The number of nitrogens with one attached hydrogen (secondary N) is 2. The van der Waals surface area contributed by atoms with Crippen molar-refractivity contribution in [3.05, 3.63) is 52.2 Å². The van der Waals surface area contributed by atoms with Crippen LogP contribution < -0.4 is 10.6 Å². The number of hydrogen-bond acceptors (Lipinski definition) is 4. The fourth-order valence-electron chi connectivity index (χ4n) is 2.12. The molecule has 0 unspecified atom stereocenters. The molecule has 0 aliphatic heterocycles. The van der Waals surface area contributed by atoms with Crippen LogP contribution in [-0.4, -0.2) is 36.9 Å². The summed E-state index contributed by atoms with van der Waals surface area (Å²) in [4.78, 5) is 26.4. The van der Waals surface area contributed by atoms with Gasteiger partial charge < -0.3 is 15.5 Å². The summed E-state index contributed by atoms with van der Waals surface area (Å²) in [5.41, 5.74) is 1.80. The SMILES string of the molecule is CCNCc1ccccc1NC(=O)CN(C)C(=O)c1cccs1. The Morgan fingerprint density at radius 3 is 2.65 bits per heavy atom. The van der Waals surface area contributed by atoms with Crippen LogP contribution in [-0.2, 0) is 11.3 Å². The lowest BCUT2D eigenvalue weighted by molar-refractivity contribution is -0.116. The van der Waals surface area contributed by atoms with Gasteiger partial charge in [0.05, 0.1) is 11.4 Å². The van der Waals surface area contributed by atoms with Crippen molar-refractivity contribution in [1.29, 1.82) is 0 Å². The zero-order chi connectivity index (χ0) is 16.7. The minimum Gasteiger partial charge on any atom is -0.332 e. The number of anilines is 1. The number of hydrogen-bond donors (Lipinski definition) is 2. The summed E-state index contributed by atoms with van der Waals surface area (Å²) in [5.74, 6) is -0.350. The van der Waals surface area contributed by atoms with Gasteiger partial charge in [0, 0.05) is 19.3 Å². The van der Waals surface area contributed by atoms with Crippen LogP contribution in [0, 0.1) is 0 Å². The van der Waals surface area contributed by atoms with Crippen molar-refractivity contribution in [2.45, 2.75) is 13.5 Å². The number of rotatable bonds is 7. The second-order valence-corrected chi connectivity index (χ2v) is 6.07. The summed E-state index contributed by atoms with van der Waals surface area (Å²) in [6, 6.07) is 11.2. The Balaban J connectivity index is 1.95. The molecule has 0 aliphatic rings. The standard InChI is InChI=1S/C17H21N3O2S/c1-3-18-11-13-7-4-5-8-14(13)19-16(21)12-20(2)17(22)15-9-6-10-23-15/h4-10,18H,3,11-12H2,1-2H3,(H,19,21). The zero-order valence-electron chi connectivity index (χ0n) is 13.3. The van der Waals surface area contributed by atoms with Crippen LogP contribution in [0.1, 0.15) is 22.2 Å². The van der Waals surface area contributed by atoms with Gasteiger partial charge >= 0.3 is 0 Å². The molecule has 1 heterocycles. The van der Waals surface area contributed by atoms with Crippen molar-refractivity contribution in [2.24, 2.45) is 0 Å². The van der Waals surface area contributed by atoms with Gasteiger partial charge in [-0.1, -0.05) is 31.2 Å². The Kier molecular flexibility index (Phi) is 6.31. The third-order valence-electron chi connectivity index (χ3n) is 3.32. The Morgan fingerprint density at radius 2 is 1.96 bits per heavy atom. The predicted octanol–water partition coefficient (Wildman–Crippen LogP) is 2.57. The number of thiophene rings is 1. The number of amides is 2. The van der Waals surface area contributed by atoms with E-state index in [0.29, 0.717) is 11.4 Å². The summed E-state index contributed by atoms with van der Waals surface area (Å²) < 4.78 is 0. The second kappa shape index (κ2) is 8.45. The zero-order valence-corrected chi connectivity index (χ0v) is 14.2. The van der Waals surface area contributed by atoms with Crippen LogP contribution in [0.3, 0.4) is 0 Å². The van der Waals surface area contributed by atoms with E-state index >= 15 is 0 Å². The number of nitrogens with zero attached hydrogens (tertiary/aromatic N) is 1. The van der Waals surface area contributed by atoms with Crippen molar-refractivity contribution in [1.82, 2.24) is 10.2 Å². The Labute approximate surface area is 140 Å². The maximum atomic E-state index is 12.2. The van der Waals surface area contributed by atoms with Crippen molar-refractivity contribution in [3.63, 3.8) is 0 Å². The highest BCUT2D eigenvalue weighted by atomic mass is 32.1. The summed E-state index contributed by atoms with van der Waals surface area (Å²) in [6.07, 6.45) is 0. The Morgan fingerprint density at radius 1 is 1.17 bits per heavy atom. The fourth-order valence-corrected chi connectivity index (χ4v) is 2.84. The molecule has 2 aromatic rings. The minimum absolute atomic E-state index is 0.0201. The number of likely N-dealkylation sites (N-methyl/N-ethyl adjacent to an activating group) is 1. The van der Waals surface area contributed by atoms with Crippen LogP contribution in [0.25, 0.3) is 0 Å². The van der Waals surface area contributed by atoms with E-state index in [9.17, 15) is 9.59 Å². The average molecular weight is 331 g/mol. The lowest BCUT2D eigenvalue weighted by Gasteiger charge is -2.17. The van der Waals surface area contributed by atoms with Gasteiger partial charge in [-0.3, -0.25) is 9.59 Å². The van der Waals surface area contributed by atoms with Crippen LogP contribution in [0.4, 0.5) is 5.69 Å². The highest BCUT2D eigenvalue weighted by Gasteiger charge is 2.16. The molecule has 1 aromatic heterocycles. The monoisotopic (exact) mass is 331 g/mol. The number of carbonyl (C=O) groups excluding carboxylic acids is 2. The summed E-state index contributed by atoms with van der Waals surface area (Å²) in [5, 5.41) is 7.97. The normalized spacial score (nSPS) is 10.3. The van der Waals surface area contributed by atoms with E-state index in [1.807, 2.05) is 42.6 Å². The first-order chi connectivity index (χ1) is 11.1. The van der Waals surface area contributed by atoms with E-state index in [-0.39, 0.29) is 18.4 Å². The summed E-state index contributed by atoms with van der Waals surface area (Å²) in [7, 11) is 1.63. The first kappa shape index (κ1) is 17.2. The molecule has 1 aromatic carbocycles. The number of benzene rings is 1. The van der Waals surface area contributed by atoms with Crippen molar-refractivity contribution < 1.29 is 9.59 Å². The molecule has 0 saturated heterocycles. The second-order valence-electron chi connectivity index (χ2n) is 5.12. The first-order valence-electron chi connectivity index (χ1n) is 7.49. The molecule has 2 amide bonds. The van der Waals surface area contributed by atoms with Crippen LogP contribution in [0.5, 0.6) is 0 Å². The van der Waals surface area contributed by atoms with Gasteiger partial charge in [-0.2, -0.15) is 0 Å². The van der Waals surface area contributed by atoms with Crippen molar-refractivity contribution in [2.75, 3.05) is 25.5 Å². The van der Waals surface area contributed by atoms with Gasteiger partial charge in [-0.15, -0.1) is 11.3 Å². The molecular weight excluding hydrogens is 310 g/mol. The van der Waals surface area contributed by atoms with E-state index in [1.165, 1.54) is 16.2 Å². The maximum absolute atomic E-state index is 12.2. The quantitative estimate of drug-likeness (QED) is 0.820. The Bertz CT molecular complexity index is 656. The van der Waals surface area contributed by atoms with E-state index in [1.54, 1.807) is 13.1 Å². The molecule has 0 aliphatic carbocycles. The topological polar surface area (TPSA) is 61.4 Å². The molecule has 0 bridgehead atoms. The molecule has 0 atom stereocenters. The van der Waals surface area contributed by atoms with Gasteiger partial charge in [0.25, 0.3) is 5.91 Å². The predicted molar refractivity (Wildman–Crippen MR) is 93.7 cm³/mol. The van der Waals surface area contributed by atoms with Crippen LogP contribution >= 0.6 is 11.3 Å². The van der Waals surface area contributed by atoms with E-state index in [0.717, 1.165) is 17.8 Å². The van der Waals surface area contributed by atoms with Crippen LogP contribution in [0.2, 0.25) is 0 Å². The van der Waals surface area contributed by atoms with Crippen molar-refractivity contribution in [3.8, 4) is 0 Å². The molecule has 5 nitrogen and oxygen atoms in total. The molecule has 122 valence electrons. The van der Waals surface area contributed by atoms with Gasteiger partial charge in [0.15, 0.2) is 0 Å². The van der Waals surface area contributed by atoms with E-state index in [2.05, 4.69) is 10.6 Å². The smallest absolute Gasteiger partial charge is 0.264 e. The molecule has 6 heteroatoms. The number of para-hydroxylation sites is 1. The highest BCUT2D eigenvalue weighted by Crippen LogP contribution is 2.15. The molecule has 23 heavy (non-hydrogen) atoms. The fraction of sp³-hybridized carbons (Fsp3) is 0.294. The van der Waals surface area contributed by atoms with Gasteiger partial charge in [-0.05, 0) is 29.6 Å². The van der Waals surface area contributed by atoms with E-state index < -0.39 is 0 Å². The van der Waals surface area contributed by atoms with Gasteiger partial charge in [0.2, 0.25) is 5.91 Å². The summed E-state index contributed by atoms with van der Waals surface area (Å²) in [6.45, 7) is 3.61. The molecule has 0 saturated carbocycles. The Hall–Kier alpha value is -2.18. The molecule has 2 rings (SSSR count). The third kappa shape index (κ3) is 4.91. The molecule has 2 N–H and O–H groups in total. The third-order valence-corrected chi connectivity index (χ3v) is 4.17. The number of carbonyl (C=O) groups is 2.